The molecule has 3 aromatic heterocycles. The molecule has 0 spiro atoms. The van der Waals surface area contributed by atoms with Crippen LogP contribution in [0.25, 0.3) is 11.2 Å². The average Bonchev–Trinajstić information content (AvgIpc) is 3.19. The van der Waals surface area contributed by atoms with Gasteiger partial charge in [0.15, 0.2) is 17.0 Å². The molecule has 1 saturated heterocycles. The van der Waals surface area contributed by atoms with Crippen molar-refractivity contribution in [2.45, 2.75) is 25.3 Å². The van der Waals surface area contributed by atoms with Crippen LogP contribution in [0.2, 0.25) is 0 Å². The van der Waals surface area contributed by atoms with Crippen LogP contribution >= 0.6 is 0 Å². The lowest BCUT2D eigenvalue weighted by Gasteiger charge is -2.37. The lowest BCUT2D eigenvalue weighted by atomic mass is 10.2. The molecule has 29 heavy (non-hydrogen) atoms. The summed E-state index contributed by atoms with van der Waals surface area (Å²) in [5, 5.41) is 21.9. The summed E-state index contributed by atoms with van der Waals surface area (Å²) >= 11 is 0. The standard InChI is InChI=1S/C19H25N7O3/c27-7-1-4-21-18-17-19(23-12-22-18)26(13-24-17)16-10-25(9-15(11-28)29-16)8-14-2-5-20-6-3-14/h2-3,5-6,12-13,15-16,27-28H,1,4,7-11H2,(H,21,22,23)/t15-,16+/m0/s1. The highest BCUT2D eigenvalue weighted by Crippen LogP contribution is 2.26. The molecule has 0 aromatic carbocycles. The summed E-state index contributed by atoms with van der Waals surface area (Å²) in [5.41, 5.74) is 2.48. The van der Waals surface area contributed by atoms with Crippen LogP contribution in [0.4, 0.5) is 5.82 Å². The smallest absolute Gasteiger partial charge is 0.167 e. The molecule has 4 rings (SSSR count). The number of fused-ring (bicyclic) bond motifs is 1. The Morgan fingerprint density at radius 3 is 2.79 bits per heavy atom. The van der Waals surface area contributed by atoms with E-state index in [1.54, 1.807) is 18.7 Å². The van der Waals surface area contributed by atoms with Crippen molar-refractivity contribution in [1.82, 2.24) is 29.4 Å². The fourth-order valence-corrected chi connectivity index (χ4v) is 3.50. The minimum atomic E-state index is -0.326. The molecule has 0 radical (unpaired) electrons. The van der Waals surface area contributed by atoms with Crippen LogP contribution in [0, 0.1) is 0 Å². The third-order valence-corrected chi connectivity index (χ3v) is 4.88. The highest BCUT2D eigenvalue weighted by molar-refractivity contribution is 5.82. The monoisotopic (exact) mass is 399 g/mol. The number of aromatic nitrogens is 5. The summed E-state index contributed by atoms with van der Waals surface area (Å²) in [5.74, 6) is 0.630. The first kappa shape index (κ1) is 19.6. The van der Waals surface area contributed by atoms with Crippen molar-refractivity contribution in [3.8, 4) is 0 Å². The van der Waals surface area contributed by atoms with E-state index >= 15 is 0 Å². The Bertz CT molecular complexity index is 921. The minimum absolute atomic E-state index is 0.0566. The predicted octanol–water partition coefficient (Wildman–Crippen LogP) is 0.407. The molecule has 1 aliphatic rings. The van der Waals surface area contributed by atoms with Crippen LogP contribution in [-0.2, 0) is 11.3 Å². The molecular weight excluding hydrogens is 374 g/mol. The fraction of sp³-hybridized carbons (Fsp3) is 0.474. The SMILES string of the molecule is OCCCNc1ncnc2c1ncn2[C@H]1CN(Cc2ccncc2)C[C@@H](CO)O1. The molecule has 4 heterocycles. The highest BCUT2D eigenvalue weighted by Gasteiger charge is 2.30. The van der Waals surface area contributed by atoms with E-state index in [0.29, 0.717) is 43.0 Å². The molecule has 10 heteroatoms. The molecule has 10 nitrogen and oxygen atoms in total. The lowest BCUT2D eigenvalue weighted by Crippen LogP contribution is -2.46. The maximum Gasteiger partial charge on any atom is 0.167 e. The first-order chi connectivity index (χ1) is 14.3. The van der Waals surface area contributed by atoms with Gasteiger partial charge in [0.1, 0.15) is 12.6 Å². The van der Waals surface area contributed by atoms with E-state index in [1.807, 2.05) is 16.7 Å². The topological polar surface area (TPSA) is 121 Å². The summed E-state index contributed by atoms with van der Waals surface area (Å²) in [6.45, 7) is 2.68. The first-order valence-electron chi connectivity index (χ1n) is 9.68. The van der Waals surface area contributed by atoms with Gasteiger partial charge in [0.05, 0.1) is 19.0 Å². The Kier molecular flexibility index (Phi) is 6.25. The Morgan fingerprint density at radius 2 is 2.00 bits per heavy atom. The molecule has 2 atom stereocenters. The van der Waals surface area contributed by atoms with Crippen LogP contribution in [0.3, 0.4) is 0 Å². The van der Waals surface area contributed by atoms with Gasteiger partial charge in [0.2, 0.25) is 0 Å². The molecule has 0 unspecified atom stereocenters. The number of hydrogen-bond acceptors (Lipinski definition) is 9. The van der Waals surface area contributed by atoms with Gasteiger partial charge in [-0.3, -0.25) is 14.5 Å². The number of nitrogens with one attached hydrogen (secondary N) is 1. The summed E-state index contributed by atoms with van der Waals surface area (Å²) in [6.07, 6.45) is 6.75. The van der Waals surface area contributed by atoms with Crippen molar-refractivity contribution < 1.29 is 14.9 Å². The van der Waals surface area contributed by atoms with Crippen LogP contribution in [-0.4, -0.2) is 78.6 Å². The van der Waals surface area contributed by atoms with Gasteiger partial charge in [-0.1, -0.05) is 0 Å². The van der Waals surface area contributed by atoms with E-state index in [-0.39, 0.29) is 25.5 Å². The molecular formula is C19H25N7O3. The van der Waals surface area contributed by atoms with E-state index in [4.69, 9.17) is 9.84 Å². The molecule has 0 bridgehead atoms. The second-order valence-corrected chi connectivity index (χ2v) is 7.00. The van der Waals surface area contributed by atoms with E-state index in [2.05, 4.69) is 30.2 Å². The molecule has 3 N–H and O–H groups in total. The van der Waals surface area contributed by atoms with Crippen LogP contribution < -0.4 is 5.32 Å². The minimum Gasteiger partial charge on any atom is -0.396 e. The van der Waals surface area contributed by atoms with Crippen LogP contribution in [0.1, 0.15) is 18.2 Å². The molecule has 3 aromatic rings. The molecule has 154 valence electrons. The van der Waals surface area contributed by atoms with Crippen molar-refractivity contribution in [3.63, 3.8) is 0 Å². The van der Waals surface area contributed by atoms with Crippen molar-refractivity contribution in [2.75, 3.05) is 38.2 Å². The van der Waals surface area contributed by atoms with Gasteiger partial charge in [0, 0.05) is 45.2 Å². The number of rotatable bonds is 8. The number of ether oxygens (including phenoxy) is 1. The van der Waals surface area contributed by atoms with E-state index in [0.717, 1.165) is 12.1 Å². The zero-order valence-corrected chi connectivity index (χ0v) is 16.1. The second kappa shape index (κ2) is 9.23. The van der Waals surface area contributed by atoms with E-state index in [9.17, 15) is 5.11 Å². The maximum atomic E-state index is 9.73. The first-order valence-corrected chi connectivity index (χ1v) is 9.68. The zero-order chi connectivity index (χ0) is 20.1. The van der Waals surface area contributed by atoms with E-state index < -0.39 is 0 Å². The zero-order valence-electron chi connectivity index (χ0n) is 16.1. The number of pyridine rings is 1. The number of nitrogens with zero attached hydrogens (tertiary/aromatic N) is 6. The molecule has 0 saturated carbocycles. The van der Waals surface area contributed by atoms with Crippen molar-refractivity contribution >= 4 is 17.0 Å². The summed E-state index contributed by atoms with van der Waals surface area (Å²) in [4.78, 5) is 19.4. The van der Waals surface area contributed by atoms with Gasteiger partial charge in [-0.05, 0) is 24.1 Å². The normalized spacial score (nSPS) is 20.2. The van der Waals surface area contributed by atoms with Gasteiger partial charge >= 0.3 is 0 Å². The maximum absolute atomic E-state index is 9.73. The Morgan fingerprint density at radius 1 is 1.14 bits per heavy atom. The van der Waals surface area contributed by atoms with Gasteiger partial charge in [-0.15, -0.1) is 0 Å². The van der Waals surface area contributed by atoms with Gasteiger partial charge in [-0.25, -0.2) is 15.0 Å². The number of aliphatic hydroxyl groups excluding tert-OH is 2. The largest absolute Gasteiger partial charge is 0.396 e. The van der Waals surface area contributed by atoms with Gasteiger partial charge < -0.3 is 20.3 Å². The van der Waals surface area contributed by atoms with Gasteiger partial charge in [-0.2, -0.15) is 0 Å². The number of morpholine rings is 1. The second-order valence-electron chi connectivity index (χ2n) is 7.00. The summed E-state index contributed by atoms with van der Waals surface area (Å²) in [7, 11) is 0. The Hall–Kier alpha value is -2.66. The molecule has 0 amide bonds. The number of hydrogen-bond donors (Lipinski definition) is 3. The Labute approximate surface area is 168 Å². The molecule has 1 aliphatic heterocycles. The molecule has 1 fully saturated rings. The third kappa shape index (κ3) is 4.51. The summed E-state index contributed by atoms with van der Waals surface area (Å²) < 4.78 is 7.98. The number of imidazole rings is 1. The van der Waals surface area contributed by atoms with Crippen LogP contribution in [0.15, 0.2) is 37.2 Å². The Balaban J connectivity index is 1.56. The quantitative estimate of drug-likeness (QED) is 0.462. The average molecular weight is 399 g/mol. The summed E-state index contributed by atoms with van der Waals surface area (Å²) in [6, 6.07) is 3.98. The number of anilines is 1. The van der Waals surface area contributed by atoms with Crippen LogP contribution in [0.5, 0.6) is 0 Å². The number of aliphatic hydroxyl groups is 2. The third-order valence-electron chi connectivity index (χ3n) is 4.88. The highest BCUT2D eigenvalue weighted by atomic mass is 16.5. The van der Waals surface area contributed by atoms with Crippen molar-refractivity contribution in [2.24, 2.45) is 0 Å². The molecule has 0 aliphatic carbocycles. The van der Waals surface area contributed by atoms with Crippen molar-refractivity contribution in [3.05, 3.63) is 42.7 Å². The fourth-order valence-electron chi connectivity index (χ4n) is 3.50. The van der Waals surface area contributed by atoms with E-state index in [1.165, 1.54) is 6.33 Å². The van der Waals surface area contributed by atoms with Gasteiger partial charge in [0.25, 0.3) is 0 Å². The van der Waals surface area contributed by atoms with Crippen molar-refractivity contribution in [1.29, 1.82) is 0 Å². The predicted molar refractivity (Wildman–Crippen MR) is 106 cm³/mol. The lowest BCUT2D eigenvalue weighted by molar-refractivity contribution is -0.135.